The van der Waals surface area contributed by atoms with E-state index in [4.69, 9.17) is 0 Å². The number of carbonyl (C=O) groups is 1. The number of amides is 1. The Balaban J connectivity index is 1.76. The Morgan fingerprint density at radius 1 is 1.24 bits per heavy atom. The number of thiazole rings is 1. The molecule has 3 rings (SSSR count). The van der Waals surface area contributed by atoms with Crippen LogP contribution in [0.25, 0.3) is 11.4 Å². The van der Waals surface area contributed by atoms with Crippen LogP contribution in [0.5, 0.6) is 0 Å². The summed E-state index contributed by atoms with van der Waals surface area (Å²) >= 11 is 5.58. The van der Waals surface area contributed by atoms with Gasteiger partial charge in [-0.25, -0.2) is 9.37 Å². The topological polar surface area (TPSA) is 67.8 Å². The Hall–Kier alpha value is -1.71. The summed E-state index contributed by atoms with van der Waals surface area (Å²) in [5, 5.41) is 4.63. The number of hydrogen-bond donors (Lipinski definition) is 1. The third kappa shape index (κ3) is 3.31. The fraction of sp³-hybridized carbons (Fsp3) is 0. The third-order valence-corrected chi connectivity index (χ3v) is 4.45. The fourth-order valence-corrected chi connectivity index (χ4v) is 3.08. The molecule has 5 nitrogen and oxygen atoms in total. The Morgan fingerprint density at radius 3 is 2.67 bits per heavy atom. The van der Waals surface area contributed by atoms with E-state index < -0.39 is 0 Å². The molecule has 0 saturated carbocycles. The molecule has 0 aliphatic rings. The Kier molecular flexibility index (Phi) is 4.04. The average molecular weight is 385 g/mol. The Bertz CT molecular complexity index is 787. The van der Waals surface area contributed by atoms with Crippen molar-refractivity contribution in [1.29, 1.82) is 0 Å². The molecule has 106 valence electrons. The zero-order valence-corrected chi connectivity index (χ0v) is 13.4. The van der Waals surface area contributed by atoms with E-state index in [1.807, 2.05) is 0 Å². The van der Waals surface area contributed by atoms with E-state index in [1.165, 1.54) is 23.5 Å². The molecule has 2 heterocycles. The van der Waals surface area contributed by atoms with Gasteiger partial charge in [-0.15, -0.1) is 11.3 Å². The quantitative estimate of drug-likeness (QED) is 0.745. The predicted molar refractivity (Wildman–Crippen MR) is 83.1 cm³/mol. The van der Waals surface area contributed by atoms with Crippen molar-refractivity contribution in [3.05, 3.63) is 45.1 Å². The van der Waals surface area contributed by atoms with Crippen LogP contribution < -0.4 is 5.32 Å². The summed E-state index contributed by atoms with van der Waals surface area (Å²) in [6, 6.07) is 5.84. The molecule has 0 aliphatic carbocycles. The van der Waals surface area contributed by atoms with Crippen molar-refractivity contribution in [2.45, 2.75) is 0 Å². The highest BCUT2D eigenvalue weighted by Crippen LogP contribution is 2.22. The number of rotatable bonds is 3. The molecule has 1 amide bonds. The summed E-state index contributed by atoms with van der Waals surface area (Å²) in [5.74, 6) is -0.231. The van der Waals surface area contributed by atoms with E-state index in [1.54, 1.807) is 17.5 Å². The lowest BCUT2D eigenvalue weighted by molar-refractivity contribution is 0.102. The van der Waals surface area contributed by atoms with E-state index in [-0.39, 0.29) is 11.7 Å². The normalized spacial score (nSPS) is 10.6. The molecule has 0 aliphatic heterocycles. The molecule has 0 fully saturated rings. The molecular weight excluding hydrogens is 379 g/mol. The summed E-state index contributed by atoms with van der Waals surface area (Å²) < 4.78 is 17.6. The van der Waals surface area contributed by atoms with Crippen LogP contribution in [0.4, 0.5) is 9.52 Å². The highest BCUT2D eigenvalue weighted by atomic mass is 79.9. The second-order valence-electron chi connectivity index (χ2n) is 3.87. The van der Waals surface area contributed by atoms with Gasteiger partial charge in [-0.1, -0.05) is 0 Å². The summed E-state index contributed by atoms with van der Waals surface area (Å²) in [6.07, 6.45) is 0. The van der Waals surface area contributed by atoms with Gasteiger partial charge >= 0.3 is 0 Å². The molecule has 1 N–H and O–H groups in total. The van der Waals surface area contributed by atoms with Crippen molar-refractivity contribution in [2.24, 2.45) is 0 Å². The van der Waals surface area contributed by atoms with Crippen molar-refractivity contribution in [2.75, 3.05) is 5.32 Å². The average Bonchev–Trinajstić information content (AvgIpc) is 3.09. The molecule has 0 radical (unpaired) electrons. The minimum Gasteiger partial charge on any atom is -0.295 e. The van der Waals surface area contributed by atoms with Gasteiger partial charge in [0, 0.05) is 22.5 Å². The zero-order chi connectivity index (χ0) is 14.8. The predicted octanol–water partition coefficient (Wildman–Crippen LogP) is 3.82. The minimum atomic E-state index is -0.348. The van der Waals surface area contributed by atoms with Gasteiger partial charge in [-0.2, -0.15) is 9.36 Å². The van der Waals surface area contributed by atoms with Gasteiger partial charge in [0.05, 0.1) is 0 Å². The van der Waals surface area contributed by atoms with E-state index in [9.17, 15) is 9.18 Å². The van der Waals surface area contributed by atoms with Gasteiger partial charge < -0.3 is 0 Å². The highest BCUT2D eigenvalue weighted by molar-refractivity contribution is 9.11. The lowest BCUT2D eigenvalue weighted by atomic mass is 10.2. The van der Waals surface area contributed by atoms with Crippen LogP contribution in [0.2, 0.25) is 0 Å². The molecule has 21 heavy (non-hydrogen) atoms. The summed E-state index contributed by atoms with van der Waals surface area (Å²) in [6.45, 7) is 0. The first-order chi connectivity index (χ1) is 10.1. The molecule has 0 unspecified atom stereocenters. The first kappa shape index (κ1) is 14.2. The van der Waals surface area contributed by atoms with Gasteiger partial charge in [-0.05, 0) is 40.2 Å². The van der Waals surface area contributed by atoms with Crippen molar-refractivity contribution in [3.63, 3.8) is 0 Å². The molecule has 9 heteroatoms. The number of nitrogens with one attached hydrogen (secondary N) is 1. The lowest BCUT2D eigenvalue weighted by Crippen LogP contribution is -2.11. The smallest absolute Gasteiger partial charge is 0.276 e. The largest absolute Gasteiger partial charge is 0.295 e. The van der Waals surface area contributed by atoms with Crippen LogP contribution in [0, 0.1) is 5.82 Å². The molecule has 0 spiro atoms. The second kappa shape index (κ2) is 5.96. The zero-order valence-electron chi connectivity index (χ0n) is 10.2. The minimum absolute atomic E-state index is 0.311. The maximum Gasteiger partial charge on any atom is 0.276 e. The number of halogens is 2. The molecular formula is C12H6BrFN4OS2. The SMILES string of the molecule is O=C(Nc1nc(-c2ccc(F)cc2)ns1)c1csc(Br)n1. The first-order valence-electron chi connectivity index (χ1n) is 5.64. The van der Waals surface area contributed by atoms with Crippen LogP contribution in [0.1, 0.15) is 10.5 Å². The number of aromatic nitrogens is 3. The van der Waals surface area contributed by atoms with Crippen molar-refractivity contribution in [1.82, 2.24) is 14.3 Å². The van der Waals surface area contributed by atoms with Crippen molar-refractivity contribution in [3.8, 4) is 11.4 Å². The first-order valence-corrected chi connectivity index (χ1v) is 8.08. The Labute approximate surface area is 135 Å². The standard InChI is InChI=1S/C12H6BrFN4OS2/c13-11-15-8(5-20-11)10(19)17-12-16-9(18-21-12)6-1-3-7(14)4-2-6/h1-5H,(H,16,17,18,19). The molecule has 0 saturated heterocycles. The third-order valence-electron chi connectivity index (χ3n) is 2.46. The summed E-state index contributed by atoms with van der Waals surface area (Å²) in [5.41, 5.74) is 0.995. The van der Waals surface area contributed by atoms with E-state index >= 15 is 0 Å². The summed E-state index contributed by atoms with van der Waals surface area (Å²) in [7, 11) is 0. The van der Waals surface area contributed by atoms with Crippen LogP contribution in [0.15, 0.2) is 33.6 Å². The number of nitrogens with zero attached hydrogens (tertiary/aromatic N) is 3. The van der Waals surface area contributed by atoms with Crippen LogP contribution in [-0.4, -0.2) is 20.2 Å². The maximum absolute atomic E-state index is 12.9. The van der Waals surface area contributed by atoms with E-state index in [0.29, 0.717) is 26.1 Å². The van der Waals surface area contributed by atoms with E-state index in [0.717, 1.165) is 11.5 Å². The number of anilines is 1. The second-order valence-corrected chi connectivity index (χ2v) is 6.76. The van der Waals surface area contributed by atoms with Crippen molar-refractivity contribution < 1.29 is 9.18 Å². The van der Waals surface area contributed by atoms with Gasteiger partial charge in [0.15, 0.2) is 9.74 Å². The van der Waals surface area contributed by atoms with Crippen LogP contribution in [-0.2, 0) is 0 Å². The Morgan fingerprint density at radius 2 is 2.00 bits per heavy atom. The summed E-state index contributed by atoms with van der Waals surface area (Å²) in [4.78, 5) is 20.1. The van der Waals surface area contributed by atoms with Gasteiger partial charge in [0.2, 0.25) is 5.13 Å². The lowest BCUT2D eigenvalue weighted by Gasteiger charge is -1.96. The maximum atomic E-state index is 12.9. The number of hydrogen-bond acceptors (Lipinski definition) is 6. The highest BCUT2D eigenvalue weighted by Gasteiger charge is 2.13. The molecule has 0 atom stereocenters. The fourth-order valence-electron chi connectivity index (χ4n) is 1.51. The molecule has 2 aromatic heterocycles. The van der Waals surface area contributed by atoms with Crippen LogP contribution >= 0.6 is 38.8 Å². The number of benzene rings is 1. The van der Waals surface area contributed by atoms with Crippen molar-refractivity contribution >= 4 is 49.8 Å². The van der Waals surface area contributed by atoms with Gasteiger partial charge in [0.25, 0.3) is 5.91 Å². The molecule has 0 bridgehead atoms. The van der Waals surface area contributed by atoms with Gasteiger partial charge in [0.1, 0.15) is 11.5 Å². The van der Waals surface area contributed by atoms with E-state index in [2.05, 4.69) is 35.6 Å². The van der Waals surface area contributed by atoms with Crippen LogP contribution in [0.3, 0.4) is 0 Å². The monoisotopic (exact) mass is 384 g/mol. The molecule has 3 aromatic rings. The molecule has 1 aromatic carbocycles. The number of carbonyl (C=O) groups excluding carboxylic acids is 1. The van der Waals surface area contributed by atoms with Gasteiger partial charge in [-0.3, -0.25) is 10.1 Å².